The molecule has 1 aromatic rings. The predicted octanol–water partition coefficient (Wildman–Crippen LogP) is 0.441. The number of thiazole rings is 1. The van der Waals surface area contributed by atoms with E-state index in [1.54, 1.807) is 5.38 Å². The van der Waals surface area contributed by atoms with Gasteiger partial charge in [-0.2, -0.15) is 0 Å². The van der Waals surface area contributed by atoms with Crippen molar-refractivity contribution in [2.45, 2.75) is 32.9 Å². The van der Waals surface area contributed by atoms with Crippen LogP contribution in [0.3, 0.4) is 0 Å². The first-order chi connectivity index (χ1) is 7.58. The zero-order chi connectivity index (χ0) is 12.0. The third kappa shape index (κ3) is 5.09. The van der Waals surface area contributed by atoms with Crippen molar-refractivity contribution in [3.05, 3.63) is 20.7 Å². The highest BCUT2D eigenvalue weighted by Crippen LogP contribution is 1.94. The lowest BCUT2D eigenvalue weighted by molar-refractivity contribution is -0.121. The van der Waals surface area contributed by atoms with Gasteiger partial charge in [-0.25, -0.2) is 0 Å². The lowest BCUT2D eigenvalue weighted by Crippen LogP contribution is -2.32. The minimum atomic E-state index is -0.0469. The van der Waals surface area contributed by atoms with E-state index in [-0.39, 0.29) is 16.8 Å². The lowest BCUT2D eigenvalue weighted by atomic mass is 10.3. The molecule has 0 aliphatic carbocycles. The summed E-state index contributed by atoms with van der Waals surface area (Å²) >= 11 is 1.15. The number of amides is 1. The van der Waals surface area contributed by atoms with Gasteiger partial charge in [-0.3, -0.25) is 9.59 Å². The zero-order valence-electron chi connectivity index (χ0n) is 9.50. The quantitative estimate of drug-likeness (QED) is 0.635. The van der Waals surface area contributed by atoms with Crippen molar-refractivity contribution >= 4 is 17.2 Å². The van der Waals surface area contributed by atoms with E-state index in [2.05, 4.69) is 15.6 Å². The highest BCUT2D eigenvalue weighted by Gasteiger charge is 2.02. The molecule has 16 heavy (non-hydrogen) atoms. The van der Waals surface area contributed by atoms with Crippen LogP contribution in [0.2, 0.25) is 0 Å². The number of aromatic amines is 1. The lowest BCUT2D eigenvalue weighted by Gasteiger charge is -2.08. The molecule has 0 aliphatic heterocycles. The van der Waals surface area contributed by atoms with Crippen molar-refractivity contribution in [1.82, 2.24) is 15.6 Å². The van der Waals surface area contributed by atoms with Gasteiger partial charge in [0.25, 0.3) is 0 Å². The molecule has 1 rings (SSSR count). The van der Waals surface area contributed by atoms with E-state index in [0.717, 1.165) is 17.0 Å². The van der Waals surface area contributed by atoms with Gasteiger partial charge in [-0.15, -0.1) is 0 Å². The normalized spacial score (nSPS) is 10.7. The molecule has 0 atom stereocenters. The largest absolute Gasteiger partial charge is 0.354 e. The molecular formula is C10H17N3O2S. The van der Waals surface area contributed by atoms with E-state index in [4.69, 9.17) is 0 Å². The van der Waals surface area contributed by atoms with Crippen LogP contribution in [-0.2, 0) is 11.3 Å². The Hall–Kier alpha value is -1.14. The van der Waals surface area contributed by atoms with Gasteiger partial charge >= 0.3 is 4.87 Å². The molecule has 0 radical (unpaired) electrons. The molecule has 0 saturated carbocycles. The van der Waals surface area contributed by atoms with Gasteiger partial charge in [0.1, 0.15) is 0 Å². The fourth-order valence-corrected chi connectivity index (χ4v) is 1.80. The molecule has 1 amide bonds. The van der Waals surface area contributed by atoms with Gasteiger partial charge in [0.15, 0.2) is 0 Å². The standard InChI is InChI=1S/C10H17N3O2S/c1-7(2)12-9(14)3-4-11-5-8-6-16-10(15)13-8/h6-7,11H,3-5H2,1-2H3,(H,12,14)(H,13,15). The second-order valence-corrected chi connectivity index (χ2v) is 4.66. The molecular weight excluding hydrogens is 226 g/mol. The van der Waals surface area contributed by atoms with E-state index in [9.17, 15) is 9.59 Å². The number of carbonyl (C=O) groups is 1. The zero-order valence-corrected chi connectivity index (χ0v) is 10.3. The summed E-state index contributed by atoms with van der Waals surface area (Å²) in [5.41, 5.74) is 0.860. The number of carbonyl (C=O) groups excluding carboxylic acids is 1. The number of aromatic nitrogens is 1. The summed E-state index contributed by atoms with van der Waals surface area (Å²) in [6.07, 6.45) is 0.451. The van der Waals surface area contributed by atoms with Gasteiger partial charge < -0.3 is 15.6 Å². The number of rotatable bonds is 6. The third-order valence-electron chi connectivity index (χ3n) is 1.86. The summed E-state index contributed by atoms with van der Waals surface area (Å²) in [5, 5.41) is 7.69. The Morgan fingerprint density at radius 3 is 2.88 bits per heavy atom. The molecule has 0 fully saturated rings. The van der Waals surface area contributed by atoms with E-state index in [1.807, 2.05) is 13.8 Å². The minimum absolute atomic E-state index is 0.0429. The van der Waals surface area contributed by atoms with Crippen LogP contribution in [0.1, 0.15) is 26.0 Å². The highest BCUT2D eigenvalue weighted by molar-refractivity contribution is 7.07. The van der Waals surface area contributed by atoms with Crippen molar-refractivity contribution in [2.75, 3.05) is 6.54 Å². The third-order valence-corrected chi connectivity index (χ3v) is 2.58. The monoisotopic (exact) mass is 243 g/mol. The first kappa shape index (κ1) is 12.9. The molecule has 1 aromatic heterocycles. The topological polar surface area (TPSA) is 74.0 Å². The van der Waals surface area contributed by atoms with Crippen LogP contribution in [-0.4, -0.2) is 23.5 Å². The maximum atomic E-state index is 11.3. The smallest absolute Gasteiger partial charge is 0.304 e. The molecule has 0 unspecified atom stereocenters. The average Bonchev–Trinajstić information content (AvgIpc) is 2.58. The molecule has 0 bridgehead atoms. The first-order valence-electron chi connectivity index (χ1n) is 5.24. The number of hydrogen-bond donors (Lipinski definition) is 3. The number of hydrogen-bond acceptors (Lipinski definition) is 4. The summed E-state index contributed by atoms with van der Waals surface area (Å²) in [5.74, 6) is 0.0429. The Balaban J connectivity index is 2.12. The van der Waals surface area contributed by atoms with E-state index in [0.29, 0.717) is 19.5 Å². The van der Waals surface area contributed by atoms with Gasteiger partial charge in [0.05, 0.1) is 0 Å². The van der Waals surface area contributed by atoms with Gasteiger partial charge in [-0.1, -0.05) is 11.3 Å². The SMILES string of the molecule is CC(C)NC(=O)CCNCc1csc(=O)[nH]1. The van der Waals surface area contributed by atoms with Crippen molar-refractivity contribution in [3.8, 4) is 0 Å². The Bertz CT molecular complexity index is 383. The molecule has 3 N–H and O–H groups in total. The summed E-state index contributed by atoms with van der Waals surface area (Å²) in [7, 11) is 0. The van der Waals surface area contributed by atoms with Crippen LogP contribution >= 0.6 is 11.3 Å². The Morgan fingerprint density at radius 1 is 1.56 bits per heavy atom. The summed E-state index contributed by atoms with van der Waals surface area (Å²) < 4.78 is 0. The Labute approximate surface area is 98.3 Å². The summed E-state index contributed by atoms with van der Waals surface area (Å²) in [6.45, 7) is 5.06. The average molecular weight is 243 g/mol. The summed E-state index contributed by atoms with van der Waals surface area (Å²) in [6, 6.07) is 0.181. The number of H-pyrrole nitrogens is 1. The molecule has 0 saturated heterocycles. The fraction of sp³-hybridized carbons (Fsp3) is 0.600. The second kappa shape index (κ2) is 6.44. The molecule has 6 heteroatoms. The number of nitrogens with one attached hydrogen (secondary N) is 3. The molecule has 0 aromatic carbocycles. The van der Waals surface area contributed by atoms with E-state index < -0.39 is 0 Å². The van der Waals surface area contributed by atoms with Crippen LogP contribution in [0, 0.1) is 0 Å². The van der Waals surface area contributed by atoms with Crippen molar-refractivity contribution in [3.63, 3.8) is 0 Å². The van der Waals surface area contributed by atoms with Crippen LogP contribution in [0.5, 0.6) is 0 Å². The second-order valence-electron chi connectivity index (χ2n) is 3.82. The van der Waals surface area contributed by atoms with Gasteiger partial charge in [-0.05, 0) is 13.8 Å². The van der Waals surface area contributed by atoms with Gasteiger partial charge in [0, 0.05) is 36.6 Å². The minimum Gasteiger partial charge on any atom is -0.354 e. The van der Waals surface area contributed by atoms with Gasteiger partial charge in [0.2, 0.25) is 5.91 Å². The van der Waals surface area contributed by atoms with Crippen LogP contribution in [0.25, 0.3) is 0 Å². The Morgan fingerprint density at radius 2 is 2.31 bits per heavy atom. The molecule has 0 aliphatic rings. The molecule has 5 nitrogen and oxygen atoms in total. The Kier molecular flexibility index (Phi) is 5.21. The van der Waals surface area contributed by atoms with Crippen molar-refractivity contribution in [2.24, 2.45) is 0 Å². The molecule has 1 heterocycles. The maximum absolute atomic E-state index is 11.3. The molecule has 90 valence electrons. The van der Waals surface area contributed by atoms with E-state index >= 15 is 0 Å². The van der Waals surface area contributed by atoms with Crippen LogP contribution in [0.15, 0.2) is 10.2 Å². The van der Waals surface area contributed by atoms with Crippen LogP contribution in [0.4, 0.5) is 0 Å². The molecule has 0 spiro atoms. The first-order valence-corrected chi connectivity index (χ1v) is 6.12. The maximum Gasteiger partial charge on any atom is 0.304 e. The predicted molar refractivity (Wildman–Crippen MR) is 64.5 cm³/mol. The fourth-order valence-electron chi connectivity index (χ4n) is 1.22. The van der Waals surface area contributed by atoms with E-state index in [1.165, 1.54) is 0 Å². The highest BCUT2D eigenvalue weighted by atomic mass is 32.1. The summed E-state index contributed by atoms with van der Waals surface area (Å²) in [4.78, 5) is 24.7. The van der Waals surface area contributed by atoms with Crippen molar-refractivity contribution in [1.29, 1.82) is 0 Å². The van der Waals surface area contributed by atoms with Crippen molar-refractivity contribution < 1.29 is 4.79 Å². The van der Waals surface area contributed by atoms with Crippen LogP contribution < -0.4 is 15.5 Å².